The van der Waals surface area contributed by atoms with Gasteiger partial charge in [0, 0.05) is 0 Å². The molecule has 31 heavy (non-hydrogen) atoms. The molecule has 0 bridgehead atoms. The van der Waals surface area contributed by atoms with Gasteiger partial charge in [-0.1, -0.05) is 20.3 Å². The minimum Gasteiger partial charge on any atom is -0.480 e. The summed E-state index contributed by atoms with van der Waals surface area (Å²) in [5, 5.41) is 17.2. The summed E-state index contributed by atoms with van der Waals surface area (Å²) in [7, 11) is 0. The Hall–Kier alpha value is -2.24. The number of hydrogen-bond donors (Lipinski definition) is 7. The zero-order valence-corrected chi connectivity index (χ0v) is 18.7. The van der Waals surface area contributed by atoms with Gasteiger partial charge >= 0.3 is 5.97 Å². The third kappa shape index (κ3) is 11.7. The average molecular weight is 445 g/mol. The van der Waals surface area contributed by atoms with Crippen LogP contribution in [0.15, 0.2) is 0 Å². The van der Waals surface area contributed by atoms with Crippen LogP contribution in [0.1, 0.15) is 58.8 Å². The van der Waals surface area contributed by atoms with Gasteiger partial charge in [-0.15, -0.1) is 0 Å². The third-order valence-electron chi connectivity index (χ3n) is 5.14. The lowest BCUT2D eigenvalue weighted by molar-refractivity contribution is -0.142. The molecular formula is C20H40N6O5. The summed E-state index contributed by atoms with van der Waals surface area (Å²) in [6.07, 6.45) is 3.58. The molecule has 0 radical (unpaired) electrons. The molecule has 10 N–H and O–H groups in total. The van der Waals surface area contributed by atoms with Crippen LogP contribution in [-0.2, 0) is 19.2 Å². The molecule has 4 atom stereocenters. The summed E-state index contributed by atoms with van der Waals surface area (Å²) in [5.74, 6) is -2.91. The van der Waals surface area contributed by atoms with Crippen LogP contribution in [0, 0.1) is 5.92 Å². The van der Waals surface area contributed by atoms with Gasteiger partial charge in [0.2, 0.25) is 17.7 Å². The van der Waals surface area contributed by atoms with Gasteiger partial charge in [0.1, 0.15) is 18.1 Å². The monoisotopic (exact) mass is 444 g/mol. The minimum absolute atomic E-state index is 0.189. The average Bonchev–Trinajstić information content (AvgIpc) is 2.75. The molecule has 0 saturated carbocycles. The molecule has 11 heteroatoms. The maximum Gasteiger partial charge on any atom is 0.326 e. The molecule has 0 aliphatic heterocycles. The van der Waals surface area contributed by atoms with Crippen LogP contribution in [0.3, 0.4) is 0 Å². The van der Waals surface area contributed by atoms with E-state index < -0.39 is 41.8 Å². The number of carbonyl (C=O) groups excluding carboxylic acids is 3. The van der Waals surface area contributed by atoms with E-state index in [0.717, 1.165) is 0 Å². The quantitative estimate of drug-likeness (QED) is 0.135. The van der Waals surface area contributed by atoms with E-state index in [1.807, 2.05) is 13.8 Å². The van der Waals surface area contributed by atoms with E-state index >= 15 is 0 Å². The first-order chi connectivity index (χ1) is 14.7. The Morgan fingerprint density at radius 3 is 1.77 bits per heavy atom. The number of rotatable bonds is 17. The van der Waals surface area contributed by atoms with Crippen LogP contribution >= 0.6 is 0 Å². The normalized spacial score (nSPS) is 14.7. The Labute approximate surface area is 184 Å². The highest BCUT2D eigenvalue weighted by Crippen LogP contribution is 2.10. The zero-order chi connectivity index (χ0) is 23.8. The first-order valence-corrected chi connectivity index (χ1v) is 10.9. The number of hydrogen-bond acceptors (Lipinski definition) is 7. The van der Waals surface area contributed by atoms with Gasteiger partial charge in [0.25, 0.3) is 0 Å². The fourth-order valence-corrected chi connectivity index (χ4v) is 2.98. The summed E-state index contributed by atoms with van der Waals surface area (Å²) < 4.78 is 0. The highest BCUT2D eigenvalue weighted by Gasteiger charge is 2.31. The van der Waals surface area contributed by atoms with Crippen molar-refractivity contribution >= 4 is 23.7 Å². The summed E-state index contributed by atoms with van der Waals surface area (Å²) in [6.45, 7) is 4.29. The fraction of sp³-hybridized carbons (Fsp3) is 0.800. The SMILES string of the molecule is CCC(C)C(NC(=O)CN)C(=O)NC(CCCCN)C(=O)NC(CCCCN)C(=O)O. The Morgan fingerprint density at radius 1 is 0.806 bits per heavy atom. The van der Waals surface area contributed by atoms with E-state index in [9.17, 15) is 24.3 Å². The summed E-state index contributed by atoms with van der Waals surface area (Å²) in [6, 6.07) is -2.88. The van der Waals surface area contributed by atoms with E-state index in [2.05, 4.69) is 16.0 Å². The number of nitrogens with one attached hydrogen (secondary N) is 3. The van der Waals surface area contributed by atoms with Gasteiger partial charge in [-0.3, -0.25) is 14.4 Å². The smallest absolute Gasteiger partial charge is 0.326 e. The molecule has 0 aliphatic carbocycles. The lowest BCUT2D eigenvalue weighted by atomic mass is 9.97. The molecule has 0 aromatic carbocycles. The van der Waals surface area contributed by atoms with Crippen LogP contribution in [-0.4, -0.2) is 66.6 Å². The van der Waals surface area contributed by atoms with Gasteiger partial charge in [0.15, 0.2) is 0 Å². The molecule has 11 nitrogen and oxygen atoms in total. The van der Waals surface area contributed by atoms with Gasteiger partial charge in [0.05, 0.1) is 6.54 Å². The Morgan fingerprint density at radius 2 is 1.32 bits per heavy atom. The summed E-state index contributed by atoms with van der Waals surface area (Å²) >= 11 is 0. The second-order valence-corrected chi connectivity index (χ2v) is 7.66. The molecule has 0 heterocycles. The van der Waals surface area contributed by atoms with Gasteiger partial charge in [-0.25, -0.2) is 4.79 Å². The number of amides is 3. The van der Waals surface area contributed by atoms with Crippen molar-refractivity contribution < 1.29 is 24.3 Å². The van der Waals surface area contributed by atoms with E-state index in [4.69, 9.17) is 17.2 Å². The minimum atomic E-state index is -1.15. The van der Waals surface area contributed by atoms with E-state index in [1.54, 1.807) is 0 Å². The number of unbranched alkanes of at least 4 members (excludes halogenated alkanes) is 2. The van der Waals surface area contributed by atoms with Gasteiger partial charge in [-0.2, -0.15) is 0 Å². The number of carboxylic acid groups (broad SMARTS) is 1. The molecule has 0 fully saturated rings. The molecule has 3 amide bonds. The predicted molar refractivity (Wildman–Crippen MR) is 118 cm³/mol. The molecule has 0 aliphatic rings. The Balaban J connectivity index is 5.35. The lowest BCUT2D eigenvalue weighted by Gasteiger charge is -2.27. The fourth-order valence-electron chi connectivity index (χ4n) is 2.98. The van der Waals surface area contributed by atoms with Crippen molar-refractivity contribution in [3.05, 3.63) is 0 Å². The molecule has 0 spiro atoms. The van der Waals surface area contributed by atoms with Gasteiger partial charge < -0.3 is 38.3 Å². The molecular weight excluding hydrogens is 404 g/mol. The van der Waals surface area contributed by atoms with Crippen molar-refractivity contribution in [3.63, 3.8) is 0 Å². The van der Waals surface area contributed by atoms with Crippen molar-refractivity contribution in [1.29, 1.82) is 0 Å². The molecule has 4 unspecified atom stereocenters. The van der Waals surface area contributed by atoms with Crippen LogP contribution < -0.4 is 33.2 Å². The maximum absolute atomic E-state index is 12.9. The van der Waals surface area contributed by atoms with Crippen molar-refractivity contribution in [1.82, 2.24) is 16.0 Å². The van der Waals surface area contributed by atoms with Crippen molar-refractivity contribution in [2.45, 2.75) is 76.9 Å². The highest BCUT2D eigenvalue weighted by atomic mass is 16.4. The van der Waals surface area contributed by atoms with Crippen LogP contribution in [0.25, 0.3) is 0 Å². The number of aliphatic carboxylic acids is 1. The first-order valence-electron chi connectivity index (χ1n) is 10.9. The second-order valence-electron chi connectivity index (χ2n) is 7.66. The first kappa shape index (κ1) is 28.8. The largest absolute Gasteiger partial charge is 0.480 e. The van der Waals surface area contributed by atoms with E-state index in [1.165, 1.54) is 0 Å². The lowest BCUT2D eigenvalue weighted by Crippen LogP contribution is -2.57. The van der Waals surface area contributed by atoms with Crippen LogP contribution in [0.4, 0.5) is 0 Å². The van der Waals surface area contributed by atoms with Crippen molar-refractivity contribution in [2.75, 3.05) is 19.6 Å². The Kier molecular flexibility index (Phi) is 15.3. The third-order valence-corrected chi connectivity index (χ3v) is 5.14. The van der Waals surface area contributed by atoms with Gasteiger partial charge in [-0.05, 0) is 57.5 Å². The maximum atomic E-state index is 12.9. The predicted octanol–water partition coefficient (Wildman–Crippen LogP) is -1.21. The molecule has 0 rings (SSSR count). The summed E-state index contributed by atoms with van der Waals surface area (Å²) in [5.41, 5.74) is 16.3. The van der Waals surface area contributed by atoms with E-state index in [0.29, 0.717) is 51.6 Å². The summed E-state index contributed by atoms with van der Waals surface area (Å²) in [4.78, 5) is 48.9. The van der Waals surface area contributed by atoms with Crippen molar-refractivity contribution in [2.24, 2.45) is 23.1 Å². The zero-order valence-electron chi connectivity index (χ0n) is 18.7. The number of carboxylic acids is 1. The number of nitrogens with two attached hydrogens (primary N) is 3. The molecule has 0 aromatic heterocycles. The van der Waals surface area contributed by atoms with Crippen molar-refractivity contribution in [3.8, 4) is 0 Å². The topological polar surface area (TPSA) is 203 Å². The molecule has 0 saturated heterocycles. The number of carbonyl (C=O) groups is 4. The second kappa shape index (κ2) is 16.5. The van der Waals surface area contributed by atoms with Crippen LogP contribution in [0.5, 0.6) is 0 Å². The molecule has 0 aromatic rings. The molecule has 180 valence electrons. The standard InChI is InChI=1S/C20H40N6O5/c1-3-13(2)17(26-16(27)12-23)19(29)24-14(8-4-6-10-21)18(28)25-15(20(30)31)9-5-7-11-22/h13-15,17H,3-12,21-23H2,1-2H3,(H,24,29)(H,25,28)(H,26,27)(H,30,31). The highest BCUT2D eigenvalue weighted by molar-refractivity contribution is 5.93. The van der Waals surface area contributed by atoms with E-state index in [-0.39, 0.29) is 18.9 Å². The van der Waals surface area contributed by atoms with Crippen LogP contribution in [0.2, 0.25) is 0 Å². The Bertz CT molecular complexity index is 574.